The van der Waals surface area contributed by atoms with Crippen LogP contribution in [0.15, 0.2) is 0 Å². The van der Waals surface area contributed by atoms with E-state index in [0.717, 1.165) is 30.8 Å². The van der Waals surface area contributed by atoms with Gasteiger partial charge in [-0.3, -0.25) is 0 Å². The molecule has 5 atom stereocenters. The zero-order valence-corrected chi connectivity index (χ0v) is 23.0. The second kappa shape index (κ2) is 9.43. The molecule has 5 nitrogen and oxygen atoms in total. The first-order valence-electron chi connectivity index (χ1n) is 11.9. The van der Waals surface area contributed by atoms with Crippen LogP contribution in [-0.2, 0) is 22.8 Å². The van der Waals surface area contributed by atoms with E-state index in [1.54, 1.807) is 0 Å². The van der Waals surface area contributed by atoms with Crippen LogP contribution in [0.5, 0.6) is 0 Å². The van der Waals surface area contributed by atoms with E-state index in [4.69, 9.17) is 18.0 Å². The Labute approximate surface area is 187 Å². The van der Waals surface area contributed by atoms with Crippen molar-refractivity contribution in [2.75, 3.05) is 6.61 Å². The fourth-order valence-corrected chi connectivity index (χ4v) is 13.3. The molecule has 0 aromatic carbocycles. The van der Waals surface area contributed by atoms with E-state index in [0.29, 0.717) is 6.61 Å². The molecule has 0 aromatic heterocycles. The van der Waals surface area contributed by atoms with Crippen LogP contribution in [0.1, 0.15) is 75.7 Å². The maximum Gasteiger partial charge on any atom is 0.349 e. The second-order valence-corrected chi connectivity index (χ2v) is 20.8. The fraction of sp³-hybridized carbons (Fsp3) is 0.957. The predicted molar refractivity (Wildman–Crippen MR) is 127 cm³/mol. The minimum atomic E-state index is -2.56. The molecule has 0 aromatic rings. The number of carbonyl (C=O) groups is 1. The number of hydrogen-bond acceptors (Lipinski definition) is 5. The molecule has 2 rings (SSSR count). The van der Waals surface area contributed by atoms with Gasteiger partial charge in [-0.2, -0.15) is 0 Å². The molecule has 0 saturated carbocycles. The zero-order chi connectivity index (χ0) is 23.0. The highest BCUT2D eigenvalue weighted by molar-refractivity contribution is 6.74. The van der Waals surface area contributed by atoms with Crippen molar-refractivity contribution in [3.63, 3.8) is 0 Å². The number of hydrogen-bond donors (Lipinski definition) is 0. The van der Waals surface area contributed by atoms with Crippen LogP contribution in [0.3, 0.4) is 0 Å². The Kier molecular flexibility index (Phi) is 8.24. The first kappa shape index (κ1) is 26.2. The lowest BCUT2D eigenvalue weighted by Gasteiger charge is -2.57. The van der Waals surface area contributed by atoms with Crippen LogP contribution < -0.4 is 0 Å². The highest BCUT2D eigenvalue weighted by atomic mass is 28.4. The van der Waals surface area contributed by atoms with E-state index in [1.165, 1.54) is 0 Å². The molecular weight excluding hydrogens is 412 g/mol. The molecule has 0 unspecified atom stereocenters. The number of carbonyl (C=O) groups excluding carboxylic acids is 1. The van der Waals surface area contributed by atoms with Crippen LogP contribution in [0.4, 0.5) is 0 Å². The molecule has 2 saturated heterocycles. The van der Waals surface area contributed by atoms with Gasteiger partial charge in [0.1, 0.15) is 12.4 Å². The Hall–Kier alpha value is -0.0562. The zero-order valence-electron chi connectivity index (χ0n) is 21.0. The third kappa shape index (κ3) is 4.81. The summed E-state index contributed by atoms with van der Waals surface area (Å²) >= 11 is 0. The molecule has 2 aliphatic rings. The molecule has 30 heavy (non-hydrogen) atoms. The maximum atomic E-state index is 11.7. The molecule has 0 spiro atoms. The summed E-state index contributed by atoms with van der Waals surface area (Å²) in [5.41, 5.74) is 0. The fourth-order valence-electron chi connectivity index (χ4n) is 5.50. The van der Waals surface area contributed by atoms with Gasteiger partial charge < -0.3 is 22.8 Å². The van der Waals surface area contributed by atoms with Crippen LogP contribution in [-0.4, -0.2) is 54.2 Å². The van der Waals surface area contributed by atoms with Gasteiger partial charge in [-0.1, -0.05) is 69.2 Å². The van der Waals surface area contributed by atoms with Gasteiger partial charge in [0.15, 0.2) is 8.32 Å². The third-order valence-electron chi connectivity index (χ3n) is 7.39. The van der Waals surface area contributed by atoms with E-state index in [1.807, 2.05) is 6.92 Å². The smallest absolute Gasteiger partial charge is 0.349 e. The van der Waals surface area contributed by atoms with E-state index in [9.17, 15) is 4.79 Å². The van der Waals surface area contributed by atoms with Gasteiger partial charge >= 0.3 is 8.56 Å². The third-order valence-corrected chi connectivity index (χ3v) is 17.2. The molecule has 2 aliphatic heterocycles. The average Bonchev–Trinajstić information content (AvgIpc) is 2.68. The standard InChI is InChI=1S/C23H46O5Si2/c1-11-29(12-2,13-3)27-19-14-18-20(26-21(19)17(4)15-24)16-25-30(28-18,22(5,6)7)23(8,9)10/h15,17-21H,11-14,16H2,1-10H3/t17-,18-,19+,20-,21+/m1/s1. The van der Waals surface area contributed by atoms with Crippen molar-refractivity contribution >= 4 is 23.2 Å². The van der Waals surface area contributed by atoms with Crippen molar-refractivity contribution in [2.24, 2.45) is 5.92 Å². The largest absolute Gasteiger partial charge is 0.411 e. The Bertz CT molecular complexity index is 557. The summed E-state index contributed by atoms with van der Waals surface area (Å²) in [5.74, 6) is -0.206. The predicted octanol–water partition coefficient (Wildman–Crippen LogP) is 5.83. The highest BCUT2D eigenvalue weighted by Gasteiger charge is 2.63. The summed E-state index contributed by atoms with van der Waals surface area (Å²) in [7, 11) is -4.40. The number of ether oxygens (including phenoxy) is 1. The van der Waals surface area contributed by atoms with Gasteiger partial charge in [-0.25, -0.2) is 0 Å². The Morgan fingerprint density at radius 3 is 2.00 bits per heavy atom. The molecule has 7 heteroatoms. The van der Waals surface area contributed by atoms with E-state index in [-0.39, 0.29) is 40.4 Å². The summed E-state index contributed by atoms with van der Waals surface area (Å²) in [6.45, 7) is 22.6. The highest BCUT2D eigenvalue weighted by Crippen LogP contribution is 2.55. The van der Waals surface area contributed by atoms with Crippen LogP contribution in [0, 0.1) is 5.92 Å². The summed E-state index contributed by atoms with van der Waals surface area (Å²) in [6, 6.07) is 3.25. The quantitative estimate of drug-likeness (QED) is 0.355. The SMILES string of the molecule is CC[Si](CC)(CC)O[C@H]1C[C@H]2O[Si](C(C)(C)C)(C(C)(C)C)OC[C@H]2O[C@H]1[C@H](C)C=O. The van der Waals surface area contributed by atoms with Crippen molar-refractivity contribution in [1.82, 2.24) is 0 Å². The van der Waals surface area contributed by atoms with Gasteiger partial charge in [-0.15, -0.1) is 0 Å². The van der Waals surface area contributed by atoms with E-state index < -0.39 is 16.9 Å². The minimum absolute atomic E-state index is 0.0405. The summed E-state index contributed by atoms with van der Waals surface area (Å²) in [5, 5.41) is -0.122. The first-order chi connectivity index (χ1) is 13.8. The topological polar surface area (TPSA) is 54.0 Å². The van der Waals surface area contributed by atoms with Crippen LogP contribution in [0.2, 0.25) is 28.2 Å². The first-order valence-corrected chi connectivity index (χ1v) is 16.2. The molecule has 0 aliphatic carbocycles. The van der Waals surface area contributed by atoms with Gasteiger partial charge in [0.2, 0.25) is 0 Å². The van der Waals surface area contributed by atoms with Crippen molar-refractivity contribution in [3.8, 4) is 0 Å². The van der Waals surface area contributed by atoms with Crippen LogP contribution >= 0.6 is 0 Å². The van der Waals surface area contributed by atoms with Crippen molar-refractivity contribution in [2.45, 2.75) is 128 Å². The molecule has 0 N–H and O–H groups in total. The van der Waals surface area contributed by atoms with Crippen LogP contribution in [0.25, 0.3) is 0 Å². The molecule has 2 fully saturated rings. The molecule has 0 bridgehead atoms. The lowest BCUT2D eigenvalue weighted by Crippen LogP contribution is -2.68. The summed E-state index contributed by atoms with van der Waals surface area (Å²) < 4.78 is 26.9. The average molecular weight is 459 g/mol. The number of aldehydes is 1. The monoisotopic (exact) mass is 458 g/mol. The van der Waals surface area contributed by atoms with E-state index in [2.05, 4.69) is 62.3 Å². The molecule has 0 radical (unpaired) electrons. The van der Waals surface area contributed by atoms with Gasteiger partial charge in [-0.05, 0) is 18.1 Å². The number of rotatable bonds is 7. The summed E-state index contributed by atoms with van der Waals surface area (Å²) in [6.07, 6.45) is 1.29. The second-order valence-electron chi connectivity index (χ2n) is 11.4. The lowest BCUT2D eigenvalue weighted by molar-refractivity contribution is -0.205. The van der Waals surface area contributed by atoms with Crippen molar-refractivity contribution < 1.29 is 22.8 Å². The van der Waals surface area contributed by atoms with Gasteiger partial charge in [0, 0.05) is 22.4 Å². The van der Waals surface area contributed by atoms with Gasteiger partial charge in [0.05, 0.1) is 24.9 Å². The lowest BCUT2D eigenvalue weighted by atomic mass is 9.92. The van der Waals surface area contributed by atoms with E-state index >= 15 is 0 Å². The maximum absolute atomic E-state index is 11.7. The Morgan fingerprint density at radius 1 is 1.03 bits per heavy atom. The van der Waals surface area contributed by atoms with Crippen molar-refractivity contribution in [1.29, 1.82) is 0 Å². The van der Waals surface area contributed by atoms with Crippen molar-refractivity contribution in [3.05, 3.63) is 0 Å². The molecule has 2 heterocycles. The molecule has 176 valence electrons. The summed E-state index contributed by atoms with van der Waals surface area (Å²) in [4.78, 5) is 11.7. The Balaban J connectivity index is 2.36. The molecular formula is C23H46O5Si2. The van der Waals surface area contributed by atoms with Gasteiger partial charge in [0.25, 0.3) is 0 Å². The normalized spacial score (nSPS) is 31.1. The Morgan fingerprint density at radius 2 is 1.57 bits per heavy atom. The molecule has 0 amide bonds. The minimum Gasteiger partial charge on any atom is -0.411 e. The number of fused-ring (bicyclic) bond motifs is 1.